The van der Waals surface area contributed by atoms with Crippen LogP contribution in [0.3, 0.4) is 0 Å². The number of hydrogen-bond acceptors (Lipinski definition) is 7. The van der Waals surface area contributed by atoms with Gasteiger partial charge in [-0.05, 0) is 24.6 Å². The minimum absolute atomic E-state index is 0. The van der Waals surface area contributed by atoms with Crippen molar-refractivity contribution in [2.75, 3.05) is 51.8 Å². The van der Waals surface area contributed by atoms with Crippen LogP contribution in [0.15, 0.2) is 23.3 Å². The normalized spacial score (nSPS) is 19.1. The Morgan fingerprint density at radius 3 is 2.73 bits per heavy atom. The van der Waals surface area contributed by atoms with Gasteiger partial charge in [-0.15, -0.1) is 24.0 Å². The summed E-state index contributed by atoms with van der Waals surface area (Å²) in [6.45, 7) is 9.53. The van der Waals surface area contributed by atoms with Crippen molar-refractivity contribution in [2.24, 2.45) is 4.99 Å². The van der Waals surface area contributed by atoms with Crippen LogP contribution in [0.1, 0.15) is 30.6 Å². The molecular weight excluding hydrogens is 533 g/mol. The summed E-state index contributed by atoms with van der Waals surface area (Å²) in [7, 11) is 3.46. The quantitative estimate of drug-likeness (QED) is 0.293. The standard InChI is InChI=1S/C22H35N9O.HI/c1-4-29-9-11-30(12-10-29)20-7-5-17(13-24-20)14-25-22(23-2)26-18-6-8-21-27-19(16-32-3)28-31(21)15-18;/h5,7,13,18H,4,6,8-12,14-16H2,1-3H3,(H2,23,25,26);1H. The second-order valence-electron chi connectivity index (χ2n) is 8.31. The van der Waals surface area contributed by atoms with E-state index in [1.54, 1.807) is 14.2 Å². The molecule has 2 aliphatic rings. The Morgan fingerprint density at radius 1 is 1.24 bits per heavy atom. The van der Waals surface area contributed by atoms with E-state index < -0.39 is 0 Å². The molecule has 0 spiro atoms. The first kappa shape index (κ1) is 25.6. The van der Waals surface area contributed by atoms with Crippen LogP contribution >= 0.6 is 24.0 Å². The number of ether oxygens (including phenoxy) is 1. The number of aromatic nitrogens is 4. The lowest BCUT2D eigenvalue weighted by atomic mass is 10.1. The van der Waals surface area contributed by atoms with Gasteiger partial charge in [0.1, 0.15) is 18.2 Å². The molecule has 33 heavy (non-hydrogen) atoms. The van der Waals surface area contributed by atoms with E-state index in [4.69, 9.17) is 9.72 Å². The number of aryl methyl sites for hydroxylation is 1. The van der Waals surface area contributed by atoms with Gasteiger partial charge in [0.2, 0.25) is 0 Å². The molecule has 1 saturated heterocycles. The Hall–Kier alpha value is -1.99. The fraction of sp³-hybridized carbons (Fsp3) is 0.636. The zero-order valence-corrected chi connectivity index (χ0v) is 22.2. The van der Waals surface area contributed by atoms with E-state index in [2.05, 4.69) is 54.6 Å². The minimum atomic E-state index is 0. The molecule has 0 bridgehead atoms. The van der Waals surface area contributed by atoms with Crippen LogP contribution in [0.5, 0.6) is 0 Å². The van der Waals surface area contributed by atoms with Gasteiger partial charge >= 0.3 is 0 Å². The number of aliphatic imine (C=N–C) groups is 1. The summed E-state index contributed by atoms with van der Waals surface area (Å²) < 4.78 is 7.12. The number of piperazine rings is 1. The summed E-state index contributed by atoms with van der Waals surface area (Å²) in [5.41, 5.74) is 1.13. The molecule has 2 aliphatic heterocycles. The smallest absolute Gasteiger partial charge is 0.191 e. The molecule has 0 aromatic carbocycles. The number of anilines is 1. The molecular formula is C22H36IN9O. The van der Waals surface area contributed by atoms with Gasteiger partial charge in [0, 0.05) is 65.5 Å². The van der Waals surface area contributed by atoms with Crippen molar-refractivity contribution >= 4 is 35.8 Å². The molecule has 1 atom stereocenters. The maximum Gasteiger partial charge on any atom is 0.191 e. The zero-order chi connectivity index (χ0) is 22.3. The molecule has 182 valence electrons. The van der Waals surface area contributed by atoms with Crippen LogP contribution in [0, 0.1) is 0 Å². The van der Waals surface area contributed by atoms with Crippen molar-refractivity contribution < 1.29 is 4.74 Å². The summed E-state index contributed by atoms with van der Waals surface area (Å²) in [6, 6.07) is 4.53. The fourth-order valence-electron chi connectivity index (χ4n) is 4.24. The van der Waals surface area contributed by atoms with Crippen molar-refractivity contribution in [1.82, 2.24) is 35.3 Å². The lowest BCUT2D eigenvalue weighted by Crippen LogP contribution is -2.47. The topological polar surface area (TPSA) is 95.7 Å². The highest BCUT2D eigenvalue weighted by molar-refractivity contribution is 14.0. The molecule has 1 unspecified atom stereocenters. The molecule has 4 rings (SSSR count). The van der Waals surface area contributed by atoms with Crippen LogP contribution in [-0.2, 0) is 30.9 Å². The number of rotatable bonds is 7. The number of likely N-dealkylation sites (N-methyl/N-ethyl adjacent to an activating group) is 1. The van der Waals surface area contributed by atoms with Gasteiger partial charge in [-0.25, -0.2) is 14.6 Å². The van der Waals surface area contributed by atoms with Gasteiger partial charge in [-0.3, -0.25) is 4.99 Å². The van der Waals surface area contributed by atoms with Crippen molar-refractivity contribution in [3.05, 3.63) is 35.5 Å². The summed E-state index contributed by atoms with van der Waals surface area (Å²) in [5.74, 6) is 3.62. The number of nitrogens with one attached hydrogen (secondary N) is 2. The van der Waals surface area contributed by atoms with E-state index in [0.717, 1.165) is 81.1 Å². The Bertz CT molecular complexity index is 894. The summed E-state index contributed by atoms with van der Waals surface area (Å²) in [4.78, 5) is 18.5. The Kier molecular flexibility index (Phi) is 9.68. The number of fused-ring (bicyclic) bond motifs is 1. The third-order valence-electron chi connectivity index (χ3n) is 6.15. The molecule has 0 saturated carbocycles. The fourth-order valence-corrected chi connectivity index (χ4v) is 4.24. The molecule has 0 aliphatic carbocycles. The highest BCUT2D eigenvalue weighted by Crippen LogP contribution is 2.15. The van der Waals surface area contributed by atoms with Crippen molar-refractivity contribution in [3.63, 3.8) is 0 Å². The summed E-state index contributed by atoms with van der Waals surface area (Å²) >= 11 is 0. The second kappa shape index (κ2) is 12.5. The Labute approximate surface area is 213 Å². The number of nitrogens with zero attached hydrogens (tertiary/aromatic N) is 7. The van der Waals surface area contributed by atoms with E-state index in [1.165, 1.54) is 0 Å². The van der Waals surface area contributed by atoms with Gasteiger partial charge in [0.05, 0.1) is 6.54 Å². The van der Waals surface area contributed by atoms with Crippen LogP contribution in [-0.4, -0.2) is 83.5 Å². The minimum Gasteiger partial charge on any atom is -0.377 e. The number of pyridine rings is 1. The van der Waals surface area contributed by atoms with E-state index >= 15 is 0 Å². The van der Waals surface area contributed by atoms with Crippen molar-refractivity contribution in [3.8, 4) is 0 Å². The maximum absolute atomic E-state index is 5.15. The monoisotopic (exact) mass is 569 g/mol. The van der Waals surface area contributed by atoms with Crippen LogP contribution in [0.2, 0.25) is 0 Å². The molecule has 1 fully saturated rings. The van der Waals surface area contributed by atoms with Crippen LogP contribution in [0.25, 0.3) is 0 Å². The van der Waals surface area contributed by atoms with E-state index in [9.17, 15) is 0 Å². The molecule has 4 heterocycles. The third-order valence-corrected chi connectivity index (χ3v) is 6.15. The molecule has 2 N–H and O–H groups in total. The van der Waals surface area contributed by atoms with E-state index in [-0.39, 0.29) is 30.0 Å². The first-order valence-electron chi connectivity index (χ1n) is 11.5. The molecule has 0 radical (unpaired) electrons. The van der Waals surface area contributed by atoms with Gasteiger partial charge in [0.15, 0.2) is 11.8 Å². The van der Waals surface area contributed by atoms with Crippen LogP contribution in [0.4, 0.5) is 5.82 Å². The van der Waals surface area contributed by atoms with Crippen molar-refractivity contribution in [2.45, 2.75) is 45.5 Å². The SMILES string of the molecule is CCN1CCN(c2ccc(CNC(=NC)NC3CCc4nc(COC)nn4C3)cn2)CC1.I. The molecule has 0 amide bonds. The van der Waals surface area contributed by atoms with Gasteiger partial charge in [0.25, 0.3) is 0 Å². The second-order valence-corrected chi connectivity index (χ2v) is 8.31. The highest BCUT2D eigenvalue weighted by Gasteiger charge is 2.22. The first-order chi connectivity index (χ1) is 15.7. The average molecular weight is 569 g/mol. The maximum atomic E-state index is 5.15. The van der Waals surface area contributed by atoms with Gasteiger partial charge in [-0.2, -0.15) is 5.10 Å². The molecule has 2 aromatic rings. The van der Waals surface area contributed by atoms with Crippen LogP contribution < -0.4 is 15.5 Å². The third kappa shape index (κ3) is 6.76. The Balaban J connectivity index is 0.00000306. The highest BCUT2D eigenvalue weighted by atomic mass is 127. The number of guanidine groups is 1. The lowest BCUT2D eigenvalue weighted by Gasteiger charge is -2.34. The number of halogens is 1. The van der Waals surface area contributed by atoms with Gasteiger partial charge < -0.3 is 25.2 Å². The average Bonchev–Trinajstić information content (AvgIpc) is 3.24. The first-order valence-corrected chi connectivity index (χ1v) is 11.5. The van der Waals surface area contributed by atoms with Gasteiger partial charge in [-0.1, -0.05) is 13.0 Å². The summed E-state index contributed by atoms with van der Waals surface area (Å²) in [5, 5.41) is 11.5. The number of methoxy groups -OCH3 is 1. The predicted molar refractivity (Wildman–Crippen MR) is 140 cm³/mol. The lowest BCUT2D eigenvalue weighted by molar-refractivity contribution is 0.177. The number of hydrogen-bond donors (Lipinski definition) is 2. The Morgan fingerprint density at radius 2 is 2.06 bits per heavy atom. The van der Waals surface area contributed by atoms with E-state index in [1.807, 2.05) is 10.9 Å². The predicted octanol–water partition coefficient (Wildman–Crippen LogP) is 1.26. The zero-order valence-electron chi connectivity index (χ0n) is 19.8. The summed E-state index contributed by atoms with van der Waals surface area (Å²) in [6.07, 6.45) is 3.85. The molecule has 10 nitrogen and oxygen atoms in total. The molecule has 11 heteroatoms. The molecule has 2 aromatic heterocycles. The van der Waals surface area contributed by atoms with E-state index in [0.29, 0.717) is 13.2 Å². The van der Waals surface area contributed by atoms with Crippen molar-refractivity contribution in [1.29, 1.82) is 0 Å². The largest absolute Gasteiger partial charge is 0.377 e.